The molecule has 0 bridgehead atoms. The highest BCUT2D eigenvalue weighted by Crippen LogP contribution is 2.29. The number of nitrogens with two attached hydrogens (primary N) is 1. The number of benzene rings is 1. The summed E-state index contributed by atoms with van der Waals surface area (Å²) in [4.78, 5) is 0. The molecule has 74 valence electrons. The highest BCUT2D eigenvalue weighted by molar-refractivity contribution is 6.00. The Morgan fingerprint density at radius 2 is 2.20 bits per heavy atom. The van der Waals surface area contributed by atoms with E-state index in [0.717, 1.165) is 27.8 Å². The van der Waals surface area contributed by atoms with Crippen LogP contribution in [0.4, 0.5) is 5.69 Å². The number of aromatic amines is 2. The maximum atomic E-state index is 5.92. The first-order chi connectivity index (χ1) is 7.36. The second-order valence-electron chi connectivity index (χ2n) is 3.33. The minimum atomic E-state index is 0.720. The summed E-state index contributed by atoms with van der Waals surface area (Å²) in [5.74, 6) is 0. The predicted octanol–water partition coefficient (Wildman–Crippen LogP) is 1.54. The molecule has 0 saturated carbocycles. The summed E-state index contributed by atoms with van der Waals surface area (Å²) in [6.07, 6.45) is 3.52. The summed E-state index contributed by atoms with van der Waals surface area (Å²) < 4.78 is 0. The van der Waals surface area contributed by atoms with E-state index in [1.165, 1.54) is 0 Å². The molecule has 0 spiro atoms. The molecule has 2 aromatic heterocycles. The highest BCUT2D eigenvalue weighted by atomic mass is 15.1. The third-order valence-electron chi connectivity index (χ3n) is 2.39. The maximum absolute atomic E-state index is 5.92. The van der Waals surface area contributed by atoms with Crippen LogP contribution in [0.3, 0.4) is 0 Å². The van der Waals surface area contributed by atoms with E-state index in [-0.39, 0.29) is 0 Å². The molecular weight excluding hydrogens is 190 g/mol. The minimum Gasteiger partial charge on any atom is -0.398 e. The van der Waals surface area contributed by atoms with E-state index >= 15 is 0 Å². The largest absolute Gasteiger partial charge is 0.398 e. The van der Waals surface area contributed by atoms with Crippen molar-refractivity contribution in [3.05, 3.63) is 30.6 Å². The zero-order valence-corrected chi connectivity index (χ0v) is 7.86. The third kappa shape index (κ3) is 1.10. The number of fused-ring (bicyclic) bond motifs is 1. The number of aromatic nitrogens is 4. The first kappa shape index (κ1) is 8.05. The van der Waals surface area contributed by atoms with Crippen molar-refractivity contribution in [2.24, 2.45) is 0 Å². The molecule has 0 amide bonds. The Labute approximate surface area is 85.3 Å². The Hall–Kier alpha value is -2.30. The molecule has 15 heavy (non-hydrogen) atoms. The molecule has 0 aliphatic carbocycles. The molecule has 0 aliphatic heterocycles. The molecular formula is C10H9N5. The van der Waals surface area contributed by atoms with Gasteiger partial charge < -0.3 is 5.73 Å². The molecule has 0 fully saturated rings. The van der Waals surface area contributed by atoms with Crippen LogP contribution in [0.2, 0.25) is 0 Å². The van der Waals surface area contributed by atoms with Crippen molar-refractivity contribution < 1.29 is 0 Å². The Morgan fingerprint density at radius 1 is 1.27 bits per heavy atom. The molecule has 5 nitrogen and oxygen atoms in total. The van der Waals surface area contributed by atoms with Crippen LogP contribution in [0.5, 0.6) is 0 Å². The van der Waals surface area contributed by atoms with Gasteiger partial charge in [0.2, 0.25) is 0 Å². The second kappa shape index (κ2) is 2.84. The second-order valence-corrected chi connectivity index (χ2v) is 3.33. The van der Waals surface area contributed by atoms with Crippen molar-refractivity contribution in [3.8, 4) is 11.3 Å². The molecule has 1 aromatic carbocycles. The van der Waals surface area contributed by atoms with Gasteiger partial charge >= 0.3 is 0 Å². The summed E-state index contributed by atoms with van der Waals surface area (Å²) in [6.45, 7) is 0. The number of nitrogens with zero attached hydrogens (tertiary/aromatic N) is 2. The van der Waals surface area contributed by atoms with Crippen molar-refractivity contribution in [1.29, 1.82) is 0 Å². The average Bonchev–Trinajstić information content (AvgIpc) is 2.85. The van der Waals surface area contributed by atoms with E-state index in [0.29, 0.717) is 0 Å². The van der Waals surface area contributed by atoms with Crippen LogP contribution < -0.4 is 5.73 Å². The predicted molar refractivity (Wildman–Crippen MR) is 58.1 cm³/mol. The molecule has 0 unspecified atom stereocenters. The van der Waals surface area contributed by atoms with Crippen LogP contribution in [-0.2, 0) is 0 Å². The SMILES string of the molecule is Nc1cccc2[nH]nc(-c3cn[nH]c3)c12. The van der Waals surface area contributed by atoms with Crippen molar-refractivity contribution in [1.82, 2.24) is 20.4 Å². The number of anilines is 1. The summed E-state index contributed by atoms with van der Waals surface area (Å²) in [5.41, 5.74) is 9.33. The molecule has 2 heterocycles. The summed E-state index contributed by atoms with van der Waals surface area (Å²) in [5, 5.41) is 14.8. The topological polar surface area (TPSA) is 83.4 Å². The first-order valence-electron chi connectivity index (χ1n) is 4.58. The van der Waals surface area contributed by atoms with Gasteiger partial charge in [0, 0.05) is 17.4 Å². The number of hydrogen-bond acceptors (Lipinski definition) is 3. The van der Waals surface area contributed by atoms with Gasteiger partial charge in [0.15, 0.2) is 0 Å². The summed E-state index contributed by atoms with van der Waals surface area (Å²) in [6, 6.07) is 5.71. The zero-order valence-electron chi connectivity index (χ0n) is 7.86. The van der Waals surface area contributed by atoms with Gasteiger partial charge in [-0.05, 0) is 12.1 Å². The smallest absolute Gasteiger partial charge is 0.105 e. The lowest BCUT2D eigenvalue weighted by atomic mass is 10.1. The first-order valence-corrected chi connectivity index (χ1v) is 4.58. The molecule has 3 aromatic rings. The van der Waals surface area contributed by atoms with Crippen LogP contribution in [0.1, 0.15) is 0 Å². The molecule has 0 saturated heterocycles. The molecule has 0 atom stereocenters. The lowest BCUT2D eigenvalue weighted by molar-refractivity contribution is 1.09. The van der Waals surface area contributed by atoms with E-state index in [1.807, 2.05) is 18.2 Å². The number of nitrogens with one attached hydrogen (secondary N) is 2. The van der Waals surface area contributed by atoms with Gasteiger partial charge in [-0.2, -0.15) is 10.2 Å². The fourth-order valence-electron chi connectivity index (χ4n) is 1.69. The van der Waals surface area contributed by atoms with Gasteiger partial charge in [0.25, 0.3) is 0 Å². The maximum Gasteiger partial charge on any atom is 0.105 e. The fraction of sp³-hybridized carbons (Fsp3) is 0. The number of H-pyrrole nitrogens is 2. The monoisotopic (exact) mass is 199 g/mol. The fourth-order valence-corrected chi connectivity index (χ4v) is 1.69. The Bertz CT molecular complexity index is 593. The van der Waals surface area contributed by atoms with Crippen LogP contribution in [0, 0.1) is 0 Å². The zero-order chi connectivity index (χ0) is 10.3. The third-order valence-corrected chi connectivity index (χ3v) is 2.39. The number of rotatable bonds is 1. The van der Waals surface area contributed by atoms with Gasteiger partial charge in [0.05, 0.1) is 17.1 Å². The van der Waals surface area contributed by atoms with Crippen LogP contribution in [0.15, 0.2) is 30.6 Å². The van der Waals surface area contributed by atoms with Crippen molar-refractivity contribution in [2.75, 3.05) is 5.73 Å². The van der Waals surface area contributed by atoms with Crippen molar-refractivity contribution in [2.45, 2.75) is 0 Å². The molecule has 5 heteroatoms. The summed E-state index contributed by atoms with van der Waals surface area (Å²) in [7, 11) is 0. The van der Waals surface area contributed by atoms with E-state index in [9.17, 15) is 0 Å². The van der Waals surface area contributed by atoms with E-state index in [4.69, 9.17) is 5.73 Å². The van der Waals surface area contributed by atoms with Gasteiger partial charge in [0.1, 0.15) is 5.69 Å². The standard InChI is InChI=1S/C10H9N5/c11-7-2-1-3-8-9(7)10(15-14-8)6-4-12-13-5-6/h1-5H,11H2,(H,12,13)(H,14,15). The van der Waals surface area contributed by atoms with Crippen LogP contribution in [-0.4, -0.2) is 20.4 Å². The average molecular weight is 199 g/mol. The van der Waals surface area contributed by atoms with Crippen molar-refractivity contribution >= 4 is 16.6 Å². The van der Waals surface area contributed by atoms with Crippen LogP contribution >= 0.6 is 0 Å². The van der Waals surface area contributed by atoms with Gasteiger partial charge in [-0.15, -0.1) is 0 Å². The Kier molecular flexibility index (Phi) is 1.53. The quantitative estimate of drug-likeness (QED) is 0.520. The molecule has 0 radical (unpaired) electrons. The van der Waals surface area contributed by atoms with E-state index < -0.39 is 0 Å². The van der Waals surface area contributed by atoms with E-state index in [1.54, 1.807) is 12.4 Å². The van der Waals surface area contributed by atoms with Gasteiger partial charge in [-0.25, -0.2) is 0 Å². The Morgan fingerprint density at radius 3 is 3.00 bits per heavy atom. The lowest BCUT2D eigenvalue weighted by Crippen LogP contribution is -1.85. The molecule has 4 N–H and O–H groups in total. The van der Waals surface area contributed by atoms with Gasteiger partial charge in [-0.1, -0.05) is 6.07 Å². The molecule has 0 aliphatic rings. The number of hydrogen-bond donors (Lipinski definition) is 3. The van der Waals surface area contributed by atoms with Gasteiger partial charge in [-0.3, -0.25) is 10.2 Å². The van der Waals surface area contributed by atoms with Crippen molar-refractivity contribution in [3.63, 3.8) is 0 Å². The highest BCUT2D eigenvalue weighted by Gasteiger charge is 2.10. The minimum absolute atomic E-state index is 0.720. The summed E-state index contributed by atoms with van der Waals surface area (Å²) >= 11 is 0. The number of nitrogen functional groups attached to an aromatic ring is 1. The van der Waals surface area contributed by atoms with Crippen LogP contribution in [0.25, 0.3) is 22.2 Å². The Balaban J connectivity index is 2.37. The lowest BCUT2D eigenvalue weighted by Gasteiger charge is -1.96. The van der Waals surface area contributed by atoms with E-state index in [2.05, 4.69) is 20.4 Å². The normalized spacial score (nSPS) is 10.9. The molecule has 3 rings (SSSR count).